The number of ether oxygens (including phenoxy) is 1. The predicted molar refractivity (Wildman–Crippen MR) is 79.5 cm³/mol. The summed E-state index contributed by atoms with van der Waals surface area (Å²) in [4.78, 5) is 2.73. The number of rotatable bonds is 6. The highest BCUT2D eigenvalue weighted by Crippen LogP contribution is 2.16. The van der Waals surface area contributed by atoms with Crippen LogP contribution in [0.1, 0.15) is 12.0 Å². The molecular formula is C14H20N2O2S. The highest BCUT2D eigenvalue weighted by atomic mass is 32.1. The van der Waals surface area contributed by atoms with Gasteiger partial charge in [-0.2, -0.15) is 0 Å². The average Bonchev–Trinajstić information content (AvgIpc) is 2.87. The van der Waals surface area contributed by atoms with Crippen molar-refractivity contribution in [3.05, 3.63) is 29.8 Å². The smallest absolute Gasteiger partial charge is 0.119 e. The Hall–Kier alpha value is -1.17. The molecule has 19 heavy (non-hydrogen) atoms. The van der Waals surface area contributed by atoms with Gasteiger partial charge in [0, 0.05) is 25.3 Å². The molecule has 5 heteroatoms. The van der Waals surface area contributed by atoms with Gasteiger partial charge >= 0.3 is 0 Å². The van der Waals surface area contributed by atoms with Crippen molar-refractivity contribution in [3.63, 3.8) is 0 Å². The molecule has 1 aliphatic heterocycles. The van der Waals surface area contributed by atoms with Gasteiger partial charge in [0.1, 0.15) is 17.3 Å². The highest BCUT2D eigenvalue weighted by molar-refractivity contribution is 7.80. The summed E-state index contributed by atoms with van der Waals surface area (Å²) in [5.74, 6) is 1.27. The van der Waals surface area contributed by atoms with Gasteiger partial charge in [-0.15, -0.1) is 0 Å². The average molecular weight is 280 g/mol. The van der Waals surface area contributed by atoms with Crippen LogP contribution in [-0.4, -0.2) is 47.8 Å². The maximum Gasteiger partial charge on any atom is 0.119 e. The fraction of sp³-hybridized carbons (Fsp3) is 0.500. The molecule has 0 amide bonds. The van der Waals surface area contributed by atoms with Gasteiger partial charge in [0.2, 0.25) is 0 Å². The molecule has 0 spiro atoms. The summed E-state index contributed by atoms with van der Waals surface area (Å²) in [5.41, 5.74) is 6.39. The third-order valence-corrected chi connectivity index (χ3v) is 3.68. The number of thiocarbonyl (C=S) groups is 1. The van der Waals surface area contributed by atoms with Gasteiger partial charge in [-0.25, -0.2) is 0 Å². The second-order valence-electron chi connectivity index (χ2n) is 4.87. The molecule has 1 fully saturated rings. The molecule has 0 aromatic heterocycles. The van der Waals surface area contributed by atoms with Gasteiger partial charge in [-0.05, 0) is 43.1 Å². The van der Waals surface area contributed by atoms with Crippen LogP contribution in [-0.2, 0) is 0 Å². The van der Waals surface area contributed by atoms with Gasteiger partial charge in [0.25, 0.3) is 0 Å². The Morgan fingerprint density at radius 2 is 2.16 bits per heavy atom. The summed E-state index contributed by atoms with van der Waals surface area (Å²) >= 11 is 4.90. The van der Waals surface area contributed by atoms with Crippen LogP contribution >= 0.6 is 12.2 Å². The van der Waals surface area contributed by atoms with E-state index in [4.69, 9.17) is 27.8 Å². The Kier molecular flexibility index (Phi) is 5.13. The monoisotopic (exact) mass is 280 g/mol. The van der Waals surface area contributed by atoms with E-state index in [2.05, 4.69) is 4.90 Å². The third kappa shape index (κ3) is 4.16. The lowest BCUT2D eigenvalue weighted by molar-refractivity contribution is 0.204. The predicted octanol–water partition coefficient (Wildman–Crippen LogP) is 1.01. The van der Waals surface area contributed by atoms with E-state index in [0.717, 1.165) is 37.4 Å². The Morgan fingerprint density at radius 3 is 2.74 bits per heavy atom. The lowest BCUT2D eigenvalue weighted by atomic mass is 10.1. The largest absolute Gasteiger partial charge is 0.492 e. The van der Waals surface area contributed by atoms with Gasteiger partial charge in [0.05, 0.1) is 0 Å². The SMILES string of the molecule is NC(=S)c1ccc(OCCN2CCC(CO)C2)cc1. The second kappa shape index (κ2) is 6.84. The molecule has 0 aliphatic carbocycles. The first-order valence-corrected chi connectivity index (χ1v) is 6.95. The van der Waals surface area contributed by atoms with Crippen LogP contribution in [0, 0.1) is 5.92 Å². The van der Waals surface area contributed by atoms with Gasteiger partial charge in [-0.1, -0.05) is 12.2 Å². The number of hydrogen-bond acceptors (Lipinski definition) is 4. The number of aliphatic hydroxyl groups excluding tert-OH is 1. The minimum atomic E-state index is 0.290. The van der Waals surface area contributed by atoms with E-state index in [0.29, 0.717) is 17.5 Å². The number of nitrogens with zero attached hydrogens (tertiary/aromatic N) is 1. The normalized spacial score (nSPS) is 19.5. The van der Waals surface area contributed by atoms with Crippen LogP contribution < -0.4 is 10.5 Å². The van der Waals surface area contributed by atoms with E-state index in [1.54, 1.807) is 0 Å². The lowest BCUT2D eigenvalue weighted by Crippen LogP contribution is -2.26. The van der Waals surface area contributed by atoms with Crippen molar-refractivity contribution in [2.45, 2.75) is 6.42 Å². The molecule has 1 atom stereocenters. The Labute approximate surface area is 119 Å². The van der Waals surface area contributed by atoms with Crippen molar-refractivity contribution in [2.75, 3.05) is 32.8 Å². The fourth-order valence-electron chi connectivity index (χ4n) is 2.27. The van der Waals surface area contributed by atoms with E-state index in [-0.39, 0.29) is 6.61 Å². The molecule has 1 aromatic carbocycles. The second-order valence-corrected chi connectivity index (χ2v) is 5.31. The molecule has 0 saturated carbocycles. The van der Waals surface area contributed by atoms with Crippen LogP contribution in [0.25, 0.3) is 0 Å². The van der Waals surface area contributed by atoms with Crippen LogP contribution in [0.4, 0.5) is 0 Å². The first-order valence-electron chi connectivity index (χ1n) is 6.55. The topological polar surface area (TPSA) is 58.7 Å². The molecule has 1 aliphatic rings. The summed E-state index contributed by atoms with van der Waals surface area (Å²) in [7, 11) is 0. The van der Waals surface area contributed by atoms with Gasteiger partial charge in [0.15, 0.2) is 0 Å². The van der Waals surface area contributed by atoms with E-state index in [9.17, 15) is 0 Å². The van der Waals surface area contributed by atoms with Crippen molar-refractivity contribution in [1.82, 2.24) is 4.90 Å². The lowest BCUT2D eigenvalue weighted by Gasteiger charge is -2.16. The number of benzene rings is 1. The molecule has 2 rings (SSSR count). The fourth-order valence-corrected chi connectivity index (χ4v) is 2.41. The summed E-state index contributed by atoms with van der Waals surface area (Å²) in [5, 5.41) is 9.08. The molecule has 4 nitrogen and oxygen atoms in total. The summed E-state index contributed by atoms with van der Waals surface area (Å²) in [6.45, 7) is 3.87. The van der Waals surface area contributed by atoms with Crippen molar-refractivity contribution >= 4 is 17.2 Å². The quantitative estimate of drug-likeness (QED) is 0.762. The van der Waals surface area contributed by atoms with Crippen molar-refractivity contribution in [3.8, 4) is 5.75 Å². The molecule has 1 aromatic rings. The Balaban J connectivity index is 1.72. The summed E-state index contributed by atoms with van der Waals surface area (Å²) in [6, 6.07) is 7.51. The van der Waals surface area contributed by atoms with Crippen LogP contribution in [0.3, 0.4) is 0 Å². The molecule has 3 N–H and O–H groups in total. The molecule has 1 heterocycles. The van der Waals surface area contributed by atoms with Gasteiger partial charge < -0.3 is 15.6 Å². The Bertz CT molecular complexity index is 422. The number of nitrogens with two attached hydrogens (primary N) is 1. The summed E-state index contributed by atoms with van der Waals surface area (Å²) < 4.78 is 5.68. The highest BCUT2D eigenvalue weighted by Gasteiger charge is 2.20. The van der Waals surface area contributed by atoms with Gasteiger partial charge in [-0.3, -0.25) is 4.90 Å². The first-order chi connectivity index (χ1) is 9.19. The zero-order chi connectivity index (χ0) is 13.7. The zero-order valence-corrected chi connectivity index (χ0v) is 11.7. The number of likely N-dealkylation sites (tertiary alicyclic amines) is 1. The number of aliphatic hydroxyl groups is 1. The number of hydrogen-bond donors (Lipinski definition) is 2. The molecule has 104 valence electrons. The first kappa shape index (κ1) is 14.2. The van der Waals surface area contributed by atoms with Crippen molar-refractivity contribution in [1.29, 1.82) is 0 Å². The van der Waals surface area contributed by atoms with E-state index < -0.39 is 0 Å². The molecule has 0 radical (unpaired) electrons. The maximum atomic E-state index is 9.08. The Morgan fingerprint density at radius 1 is 1.42 bits per heavy atom. The molecule has 0 bridgehead atoms. The summed E-state index contributed by atoms with van der Waals surface area (Å²) in [6.07, 6.45) is 1.08. The maximum absolute atomic E-state index is 9.08. The minimum Gasteiger partial charge on any atom is -0.492 e. The van der Waals surface area contributed by atoms with E-state index >= 15 is 0 Å². The third-order valence-electron chi connectivity index (χ3n) is 3.44. The van der Waals surface area contributed by atoms with E-state index in [1.807, 2.05) is 24.3 Å². The minimum absolute atomic E-state index is 0.290. The van der Waals surface area contributed by atoms with Crippen molar-refractivity contribution < 1.29 is 9.84 Å². The molecule has 1 saturated heterocycles. The van der Waals surface area contributed by atoms with Crippen LogP contribution in [0.2, 0.25) is 0 Å². The zero-order valence-electron chi connectivity index (χ0n) is 10.9. The van der Waals surface area contributed by atoms with Crippen LogP contribution in [0.15, 0.2) is 24.3 Å². The van der Waals surface area contributed by atoms with Crippen LogP contribution in [0.5, 0.6) is 5.75 Å². The molecular weight excluding hydrogens is 260 g/mol. The standard InChI is InChI=1S/C14H20N2O2S/c15-14(19)12-1-3-13(4-2-12)18-8-7-16-6-5-11(9-16)10-17/h1-4,11,17H,5-10H2,(H2,15,19). The van der Waals surface area contributed by atoms with Crippen molar-refractivity contribution in [2.24, 2.45) is 11.7 Å². The molecule has 1 unspecified atom stereocenters. The van der Waals surface area contributed by atoms with E-state index in [1.165, 1.54) is 0 Å².